The zero-order valence-electron chi connectivity index (χ0n) is 19.8. The molecule has 0 fully saturated rings. The van der Waals surface area contributed by atoms with Gasteiger partial charge in [0.15, 0.2) is 22.5 Å². The smallest absolute Gasteiger partial charge is 0.282 e. The van der Waals surface area contributed by atoms with Crippen LogP contribution in [0.2, 0.25) is 15.1 Å². The molecule has 1 amide bonds. The second-order valence-corrected chi connectivity index (χ2v) is 9.38. The van der Waals surface area contributed by atoms with E-state index in [-0.39, 0.29) is 16.7 Å². The second-order valence-electron chi connectivity index (χ2n) is 8.16. The topological polar surface area (TPSA) is 93.4 Å². The van der Waals surface area contributed by atoms with Gasteiger partial charge in [-0.3, -0.25) is 4.79 Å². The fourth-order valence-corrected chi connectivity index (χ4v) is 4.46. The Morgan fingerprint density at radius 1 is 1.11 bits per heavy atom. The number of aromatic hydroxyl groups is 1. The number of halogens is 3. The summed E-state index contributed by atoms with van der Waals surface area (Å²) in [4.78, 5) is 11.8. The fourth-order valence-electron chi connectivity index (χ4n) is 3.92. The molecular weight excluding hydrogens is 511 g/mol. The molecule has 35 heavy (non-hydrogen) atoms. The summed E-state index contributed by atoms with van der Waals surface area (Å²) in [6, 6.07) is 7.12. The summed E-state index contributed by atoms with van der Waals surface area (Å²) in [5, 5.41) is 14.0. The van der Waals surface area contributed by atoms with Gasteiger partial charge in [0.05, 0.1) is 35.8 Å². The molecule has 0 aliphatic rings. The molecule has 0 unspecified atom stereocenters. The molecule has 0 saturated heterocycles. The Labute approximate surface area is 220 Å². The van der Waals surface area contributed by atoms with E-state index >= 15 is 0 Å². The molecule has 1 heterocycles. The number of unbranched alkanes of at least 4 members (excludes halogenated alkanes) is 2. The molecule has 3 rings (SSSR count). The number of aromatic nitrogens is 2. The summed E-state index contributed by atoms with van der Waals surface area (Å²) in [6.07, 6.45) is 6.94. The number of carbonyl (C=O) groups excluding carboxylic acids is 1. The van der Waals surface area contributed by atoms with Crippen molar-refractivity contribution < 1.29 is 19.2 Å². The first-order valence-electron chi connectivity index (χ1n) is 11.4. The molecule has 10 heteroatoms. The largest absolute Gasteiger partial charge is 0.503 e. The summed E-state index contributed by atoms with van der Waals surface area (Å²) in [7, 11) is 3.45. The maximum absolute atomic E-state index is 11.8. The molecule has 0 aliphatic carbocycles. The number of imidazole rings is 1. The highest BCUT2D eigenvalue weighted by molar-refractivity contribution is 6.42. The molecule has 0 aliphatic heterocycles. The number of fused-ring (bicyclic) bond motifs is 1. The lowest BCUT2D eigenvalue weighted by molar-refractivity contribution is -0.647. The van der Waals surface area contributed by atoms with E-state index in [1.165, 1.54) is 7.11 Å². The monoisotopic (exact) mass is 539 g/mol. The molecular formula is C25H30Cl3N4O3+. The van der Waals surface area contributed by atoms with E-state index in [0.717, 1.165) is 48.2 Å². The number of benzene rings is 2. The van der Waals surface area contributed by atoms with Gasteiger partial charge in [0.25, 0.3) is 5.82 Å². The number of ether oxygens (including phenoxy) is 1. The molecule has 7 nitrogen and oxygen atoms in total. The molecule has 188 valence electrons. The third-order valence-corrected chi connectivity index (χ3v) is 6.75. The van der Waals surface area contributed by atoms with Crippen molar-refractivity contribution in [2.24, 2.45) is 12.8 Å². The summed E-state index contributed by atoms with van der Waals surface area (Å²) in [6.45, 7) is 1.68. The maximum atomic E-state index is 11.8. The van der Waals surface area contributed by atoms with Gasteiger partial charge in [-0.2, -0.15) is 0 Å². The Hall–Kier alpha value is -2.45. The quantitative estimate of drug-likeness (QED) is 0.237. The number of methoxy groups -OCH3 is 1. The highest BCUT2D eigenvalue weighted by Crippen LogP contribution is 2.35. The number of nitrogens with zero attached hydrogens (tertiary/aromatic N) is 2. The van der Waals surface area contributed by atoms with Gasteiger partial charge in [0.1, 0.15) is 0 Å². The second kappa shape index (κ2) is 12.5. The van der Waals surface area contributed by atoms with Crippen molar-refractivity contribution in [2.75, 3.05) is 20.2 Å². The van der Waals surface area contributed by atoms with Crippen LogP contribution in [0.25, 0.3) is 23.2 Å². The number of carbonyl (C=O) groups is 1. The van der Waals surface area contributed by atoms with Gasteiger partial charge in [0.2, 0.25) is 5.91 Å². The number of hydrogen-bond donors (Lipinski definition) is 3. The van der Waals surface area contributed by atoms with Crippen molar-refractivity contribution in [3.63, 3.8) is 0 Å². The molecule has 0 atom stereocenters. The third kappa shape index (κ3) is 6.61. The fraction of sp³-hybridized carbons (Fsp3) is 0.360. The first kappa shape index (κ1) is 27.1. The van der Waals surface area contributed by atoms with E-state index in [2.05, 4.69) is 9.88 Å². The van der Waals surface area contributed by atoms with Gasteiger partial charge in [0, 0.05) is 37.7 Å². The van der Waals surface area contributed by atoms with Crippen molar-refractivity contribution in [3.8, 4) is 11.5 Å². The average Bonchev–Trinajstić information content (AvgIpc) is 3.08. The van der Waals surface area contributed by atoms with Crippen LogP contribution < -0.4 is 20.4 Å². The summed E-state index contributed by atoms with van der Waals surface area (Å²) in [5.74, 6) is 1.17. The lowest BCUT2D eigenvalue weighted by Crippen LogP contribution is -2.31. The molecule has 0 spiro atoms. The van der Waals surface area contributed by atoms with Crippen LogP contribution in [0.15, 0.2) is 24.3 Å². The van der Waals surface area contributed by atoms with E-state index in [1.54, 1.807) is 12.1 Å². The molecule has 3 aromatic rings. The molecule has 0 bridgehead atoms. The number of nitrogens with one attached hydrogen (secondary N) is 1. The van der Waals surface area contributed by atoms with E-state index in [0.29, 0.717) is 35.3 Å². The number of phenolic OH excluding ortho intramolecular Hbond substituents is 1. The van der Waals surface area contributed by atoms with E-state index in [1.807, 2.05) is 35.9 Å². The van der Waals surface area contributed by atoms with Crippen molar-refractivity contribution in [2.45, 2.75) is 32.2 Å². The average molecular weight is 541 g/mol. The van der Waals surface area contributed by atoms with Crippen molar-refractivity contribution in [3.05, 3.63) is 50.7 Å². The number of rotatable bonds is 11. The van der Waals surface area contributed by atoms with E-state index in [4.69, 9.17) is 45.3 Å². The van der Waals surface area contributed by atoms with Crippen molar-refractivity contribution in [1.29, 1.82) is 0 Å². The van der Waals surface area contributed by atoms with Gasteiger partial charge in [-0.1, -0.05) is 34.8 Å². The highest BCUT2D eigenvalue weighted by Gasteiger charge is 2.22. The standard InChI is InChI=1S/C25H29Cl3N4O3/c1-31-20-14-17(26)18(27)15-21(20)32(11-5-3-4-6-23(33)30-10-9-29)24(31)8-7-16-12-19(28)25(34)22(13-16)35-2/h7-8,12-15H,3-6,9-11,29H2,1-2H3,(H,30,33)/p+1. The molecule has 0 radical (unpaired) electrons. The van der Waals surface area contributed by atoms with Crippen LogP contribution in [0, 0.1) is 0 Å². The number of phenols is 1. The van der Waals surface area contributed by atoms with Crippen LogP contribution in [0.4, 0.5) is 0 Å². The predicted octanol–water partition coefficient (Wildman–Crippen LogP) is 4.95. The van der Waals surface area contributed by atoms with Gasteiger partial charge in [-0.05, 0) is 43.0 Å². The van der Waals surface area contributed by atoms with E-state index < -0.39 is 0 Å². The summed E-state index contributed by atoms with van der Waals surface area (Å²) < 4.78 is 9.44. The summed E-state index contributed by atoms with van der Waals surface area (Å²) >= 11 is 18.8. The van der Waals surface area contributed by atoms with Gasteiger partial charge >= 0.3 is 0 Å². The lowest BCUT2D eigenvalue weighted by atomic mass is 10.1. The molecule has 1 aromatic heterocycles. The maximum Gasteiger partial charge on any atom is 0.282 e. The number of amides is 1. The first-order chi connectivity index (χ1) is 16.8. The van der Waals surface area contributed by atoms with Crippen molar-refractivity contribution >= 4 is 63.9 Å². The third-order valence-electron chi connectivity index (χ3n) is 5.74. The first-order valence-corrected chi connectivity index (χ1v) is 12.5. The van der Waals surface area contributed by atoms with Crippen LogP contribution in [0.5, 0.6) is 11.5 Å². The summed E-state index contributed by atoms with van der Waals surface area (Å²) in [5.41, 5.74) is 8.11. The lowest BCUT2D eigenvalue weighted by Gasteiger charge is -2.06. The van der Waals surface area contributed by atoms with Gasteiger partial charge < -0.3 is 20.9 Å². The normalized spacial score (nSPS) is 11.5. The Balaban J connectivity index is 1.86. The SMILES string of the molecule is COc1cc(/C=C/c2n(CCCCCC(=O)NCCN)c3cc(Cl)c(Cl)cc3[n+]2C)cc(Cl)c1O. The number of aryl methyl sites for hydroxylation is 2. The zero-order chi connectivity index (χ0) is 25.5. The minimum absolute atomic E-state index is 0.0290. The Morgan fingerprint density at radius 3 is 2.57 bits per heavy atom. The van der Waals surface area contributed by atoms with Crippen LogP contribution in [0.1, 0.15) is 37.1 Å². The zero-order valence-corrected chi connectivity index (χ0v) is 22.1. The van der Waals surface area contributed by atoms with Gasteiger partial charge in [-0.25, -0.2) is 9.13 Å². The number of hydrogen-bond acceptors (Lipinski definition) is 4. The predicted molar refractivity (Wildman–Crippen MR) is 142 cm³/mol. The molecule has 2 aromatic carbocycles. The Morgan fingerprint density at radius 2 is 1.86 bits per heavy atom. The van der Waals surface area contributed by atoms with Crippen LogP contribution in [-0.2, 0) is 18.4 Å². The van der Waals surface area contributed by atoms with Crippen molar-refractivity contribution in [1.82, 2.24) is 9.88 Å². The van der Waals surface area contributed by atoms with Crippen LogP contribution in [0.3, 0.4) is 0 Å². The molecule has 0 saturated carbocycles. The van der Waals surface area contributed by atoms with E-state index in [9.17, 15) is 9.90 Å². The minimum Gasteiger partial charge on any atom is -0.503 e. The number of nitrogens with two attached hydrogens (primary N) is 1. The minimum atomic E-state index is -0.0908. The highest BCUT2D eigenvalue weighted by atomic mass is 35.5. The Bertz CT molecular complexity index is 1240. The van der Waals surface area contributed by atoms with Gasteiger partial charge in [-0.15, -0.1) is 0 Å². The van der Waals surface area contributed by atoms with Crippen LogP contribution in [-0.4, -0.2) is 35.8 Å². The van der Waals surface area contributed by atoms with Crippen LogP contribution >= 0.6 is 34.8 Å². The molecule has 4 N–H and O–H groups in total. The Kier molecular flexibility index (Phi) is 9.69.